The number of rotatable bonds is 5. The topological polar surface area (TPSA) is 56.8 Å². The van der Waals surface area contributed by atoms with Gasteiger partial charge in [0.05, 0.1) is 0 Å². The van der Waals surface area contributed by atoms with E-state index in [9.17, 15) is 4.79 Å². The van der Waals surface area contributed by atoms with Crippen molar-refractivity contribution in [2.45, 2.75) is 13.0 Å². The normalized spacial score (nSPS) is 12.0. The first-order valence-electron chi connectivity index (χ1n) is 7.25. The third-order valence-corrected chi connectivity index (χ3v) is 4.42. The summed E-state index contributed by atoms with van der Waals surface area (Å²) in [4.78, 5) is 11.7. The maximum absolute atomic E-state index is 11.7. The van der Waals surface area contributed by atoms with Crippen molar-refractivity contribution >= 4 is 28.7 Å². The number of carbonyl (C=O) groups excluding carboxylic acids is 1. The summed E-state index contributed by atoms with van der Waals surface area (Å²) in [5.41, 5.74) is 2.08. The minimum Gasteiger partial charge on any atom is -0.454 e. The number of hydrogen-bond acceptors (Lipinski definition) is 4. The lowest BCUT2D eigenvalue weighted by molar-refractivity contribution is 0.140. The standard InChI is InChI=1S/C17H16INO4/c18-14-9-16-15(22-11-23-16)8-13(14)6-7-19-17(20)21-10-12-4-2-1-3-5-12/h1-5,8-9H,6-7,10-11H2,(H,19,20). The molecule has 6 heteroatoms. The summed E-state index contributed by atoms with van der Waals surface area (Å²) in [5, 5.41) is 2.76. The van der Waals surface area contributed by atoms with Crippen molar-refractivity contribution < 1.29 is 19.0 Å². The molecule has 1 N–H and O–H groups in total. The Morgan fingerprint density at radius 1 is 1.17 bits per heavy atom. The molecule has 1 aliphatic heterocycles. The van der Waals surface area contributed by atoms with Crippen molar-refractivity contribution in [3.8, 4) is 11.5 Å². The first-order chi connectivity index (χ1) is 11.2. The highest BCUT2D eigenvalue weighted by Gasteiger charge is 2.16. The summed E-state index contributed by atoms with van der Waals surface area (Å²) in [6.45, 7) is 1.04. The van der Waals surface area contributed by atoms with E-state index < -0.39 is 6.09 Å². The largest absolute Gasteiger partial charge is 0.454 e. The van der Waals surface area contributed by atoms with Crippen molar-refractivity contribution in [3.63, 3.8) is 0 Å². The van der Waals surface area contributed by atoms with Crippen molar-refractivity contribution in [1.29, 1.82) is 0 Å². The Morgan fingerprint density at radius 2 is 1.91 bits per heavy atom. The van der Waals surface area contributed by atoms with Gasteiger partial charge in [0.25, 0.3) is 0 Å². The van der Waals surface area contributed by atoms with Crippen LogP contribution in [0.3, 0.4) is 0 Å². The number of carbonyl (C=O) groups is 1. The van der Waals surface area contributed by atoms with Gasteiger partial charge in [-0.15, -0.1) is 0 Å². The van der Waals surface area contributed by atoms with Crippen LogP contribution in [0.1, 0.15) is 11.1 Å². The molecule has 23 heavy (non-hydrogen) atoms. The average Bonchev–Trinajstić information content (AvgIpc) is 3.01. The number of fused-ring (bicyclic) bond motifs is 1. The Morgan fingerprint density at radius 3 is 2.70 bits per heavy atom. The van der Waals surface area contributed by atoms with E-state index in [4.69, 9.17) is 14.2 Å². The highest BCUT2D eigenvalue weighted by molar-refractivity contribution is 14.1. The van der Waals surface area contributed by atoms with Gasteiger partial charge in [-0.05, 0) is 52.3 Å². The van der Waals surface area contributed by atoms with Crippen LogP contribution in [-0.2, 0) is 17.8 Å². The molecular formula is C17H16INO4. The second kappa shape index (κ2) is 7.54. The molecule has 0 bridgehead atoms. The van der Waals surface area contributed by atoms with Gasteiger partial charge in [-0.2, -0.15) is 0 Å². The van der Waals surface area contributed by atoms with Crippen molar-refractivity contribution in [1.82, 2.24) is 5.32 Å². The lowest BCUT2D eigenvalue weighted by atomic mass is 10.1. The molecule has 5 nitrogen and oxygen atoms in total. The number of nitrogens with one attached hydrogen (secondary N) is 1. The molecule has 1 aliphatic rings. The van der Waals surface area contributed by atoms with E-state index in [1.807, 2.05) is 42.5 Å². The Balaban J connectivity index is 1.45. The summed E-state index contributed by atoms with van der Waals surface area (Å²) in [6.07, 6.45) is 0.291. The molecular weight excluding hydrogens is 409 g/mol. The predicted molar refractivity (Wildman–Crippen MR) is 93.6 cm³/mol. The lowest BCUT2D eigenvalue weighted by Crippen LogP contribution is -2.26. The van der Waals surface area contributed by atoms with Crippen LogP contribution in [0.2, 0.25) is 0 Å². The van der Waals surface area contributed by atoms with Gasteiger partial charge in [-0.1, -0.05) is 30.3 Å². The van der Waals surface area contributed by atoms with E-state index in [2.05, 4.69) is 27.9 Å². The summed E-state index contributed by atoms with van der Waals surface area (Å²) in [6, 6.07) is 13.5. The maximum atomic E-state index is 11.7. The van der Waals surface area contributed by atoms with Crippen LogP contribution in [0, 0.1) is 3.57 Å². The average molecular weight is 425 g/mol. The maximum Gasteiger partial charge on any atom is 0.407 e. The molecule has 0 aliphatic carbocycles. The summed E-state index contributed by atoms with van der Waals surface area (Å²) in [5.74, 6) is 1.53. The zero-order valence-corrected chi connectivity index (χ0v) is 14.5. The summed E-state index contributed by atoms with van der Waals surface area (Å²) in [7, 11) is 0. The van der Waals surface area contributed by atoms with Crippen LogP contribution in [-0.4, -0.2) is 19.4 Å². The van der Waals surface area contributed by atoms with Gasteiger partial charge < -0.3 is 19.5 Å². The number of ether oxygens (including phenoxy) is 3. The highest BCUT2D eigenvalue weighted by atomic mass is 127. The molecule has 1 heterocycles. The zero-order valence-electron chi connectivity index (χ0n) is 12.4. The molecule has 2 aromatic rings. The van der Waals surface area contributed by atoms with E-state index >= 15 is 0 Å². The fraction of sp³-hybridized carbons (Fsp3) is 0.235. The fourth-order valence-corrected chi connectivity index (χ4v) is 2.93. The van der Waals surface area contributed by atoms with E-state index in [0.29, 0.717) is 13.0 Å². The van der Waals surface area contributed by atoms with Gasteiger partial charge in [-0.3, -0.25) is 0 Å². The van der Waals surface area contributed by atoms with E-state index in [1.54, 1.807) is 0 Å². The van der Waals surface area contributed by atoms with Crippen molar-refractivity contribution in [3.05, 3.63) is 57.2 Å². The smallest absolute Gasteiger partial charge is 0.407 e. The van der Waals surface area contributed by atoms with E-state index in [1.165, 1.54) is 0 Å². The third kappa shape index (κ3) is 4.28. The number of alkyl carbamates (subject to hydrolysis) is 1. The SMILES string of the molecule is O=C(NCCc1cc2c(cc1I)OCO2)OCc1ccccc1. The van der Waals surface area contributed by atoms with E-state index in [0.717, 1.165) is 26.2 Å². The third-order valence-electron chi connectivity index (χ3n) is 3.42. The molecule has 0 atom stereocenters. The molecule has 2 aromatic carbocycles. The minimum absolute atomic E-state index is 0.263. The Hall–Kier alpha value is -1.96. The molecule has 0 radical (unpaired) electrons. The minimum atomic E-state index is -0.412. The molecule has 0 unspecified atom stereocenters. The first kappa shape index (κ1) is 15.9. The van der Waals surface area contributed by atoms with Crippen LogP contribution in [0.15, 0.2) is 42.5 Å². The number of halogens is 1. The molecule has 0 saturated heterocycles. The molecule has 0 fully saturated rings. The fourth-order valence-electron chi connectivity index (χ4n) is 2.22. The van der Waals surface area contributed by atoms with Gasteiger partial charge >= 0.3 is 6.09 Å². The lowest BCUT2D eigenvalue weighted by Gasteiger charge is -2.09. The van der Waals surface area contributed by atoms with Crippen LogP contribution >= 0.6 is 22.6 Å². The monoisotopic (exact) mass is 425 g/mol. The van der Waals surface area contributed by atoms with Crippen LogP contribution in [0.25, 0.3) is 0 Å². The predicted octanol–water partition coefficient (Wildman–Crippen LogP) is 3.49. The highest BCUT2D eigenvalue weighted by Crippen LogP contribution is 2.35. The number of benzene rings is 2. The molecule has 0 saturated carbocycles. The summed E-state index contributed by atoms with van der Waals surface area (Å²) < 4.78 is 17.0. The van der Waals surface area contributed by atoms with Gasteiger partial charge in [0.2, 0.25) is 6.79 Å². The number of hydrogen-bond donors (Lipinski definition) is 1. The molecule has 0 spiro atoms. The van der Waals surface area contributed by atoms with Crippen molar-refractivity contribution in [2.24, 2.45) is 0 Å². The number of amides is 1. The summed E-state index contributed by atoms with van der Waals surface area (Å²) >= 11 is 2.26. The van der Waals surface area contributed by atoms with Crippen LogP contribution in [0.4, 0.5) is 4.79 Å². The van der Waals surface area contributed by atoms with Gasteiger partial charge in [-0.25, -0.2) is 4.79 Å². The Labute approximate surface area is 148 Å². The van der Waals surface area contributed by atoms with Crippen molar-refractivity contribution in [2.75, 3.05) is 13.3 Å². The quantitative estimate of drug-likeness (QED) is 0.746. The Kier molecular flexibility index (Phi) is 5.22. The first-order valence-corrected chi connectivity index (χ1v) is 8.33. The molecule has 120 valence electrons. The van der Waals surface area contributed by atoms with Gasteiger partial charge in [0.1, 0.15) is 6.61 Å². The van der Waals surface area contributed by atoms with E-state index in [-0.39, 0.29) is 13.4 Å². The van der Waals surface area contributed by atoms with Crippen LogP contribution in [0.5, 0.6) is 11.5 Å². The van der Waals surface area contributed by atoms with Gasteiger partial charge in [0, 0.05) is 10.1 Å². The van der Waals surface area contributed by atoms with Crippen LogP contribution < -0.4 is 14.8 Å². The molecule has 0 aromatic heterocycles. The zero-order chi connectivity index (χ0) is 16.1. The van der Waals surface area contributed by atoms with Gasteiger partial charge in [0.15, 0.2) is 11.5 Å². The second-order valence-corrected chi connectivity index (χ2v) is 6.20. The molecule has 3 rings (SSSR count). The molecule has 1 amide bonds. The second-order valence-electron chi connectivity index (χ2n) is 5.04. The Bertz CT molecular complexity index is 690.